The second-order valence-corrected chi connectivity index (χ2v) is 10.7. The van der Waals surface area contributed by atoms with Crippen molar-refractivity contribution in [2.75, 3.05) is 53.4 Å². The van der Waals surface area contributed by atoms with Gasteiger partial charge in [0.15, 0.2) is 18.4 Å². The zero-order valence-corrected chi connectivity index (χ0v) is 24.1. The first-order chi connectivity index (χ1) is 19.2. The van der Waals surface area contributed by atoms with Crippen LogP contribution in [0.5, 0.6) is 11.5 Å². The minimum Gasteiger partial charge on any atom is -0.492 e. The number of esters is 1. The molecule has 3 heterocycles. The summed E-state index contributed by atoms with van der Waals surface area (Å²) in [5.41, 5.74) is 0.832. The van der Waals surface area contributed by atoms with Crippen LogP contribution in [0, 0.1) is 5.92 Å². The third-order valence-electron chi connectivity index (χ3n) is 7.15. The van der Waals surface area contributed by atoms with Crippen molar-refractivity contribution in [2.45, 2.75) is 58.2 Å². The van der Waals surface area contributed by atoms with Crippen molar-refractivity contribution in [3.05, 3.63) is 41.5 Å². The first-order valence-corrected chi connectivity index (χ1v) is 13.8. The highest BCUT2D eigenvalue weighted by atomic mass is 16.8. The van der Waals surface area contributed by atoms with E-state index < -0.39 is 30.1 Å². The van der Waals surface area contributed by atoms with Crippen LogP contribution < -0.4 is 9.47 Å². The lowest BCUT2D eigenvalue weighted by molar-refractivity contribution is -0.152. The number of ether oxygens (including phenoxy) is 7. The third kappa shape index (κ3) is 7.92. The fraction of sp³-hybridized carbons (Fsp3) is 0.600. The lowest BCUT2D eigenvalue weighted by Crippen LogP contribution is -2.38. The maximum absolute atomic E-state index is 13.5. The van der Waals surface area contributed by atoms with Crippen LogP contribution in [0.15, 0.2) is 30.4 Å². The quantitative estimate of drug-likeness (QED) is 0.364. The molecule has 40 heavy (non-hydrogen) atoms. The Hall–Kier alpha value is -2.76. The first-order valence-electron chi connectivity index (χ1n) is 13.8. The molecule has 1 aromatic rings. The molecule has 0 spiro atoms. The predicted octanol–water partition coefficient (Wildman–Crippen LogP) is 3.62. The van der Waals surface area contributed by atoms with Crippen LogP contribution in [0.3, 0.4) is 0 Å². The molecule has 0 bridgehead atoms. The van der Waals surface area contributed by atoms with Gasteiger partial charge in [0.05, 0.1) is 19.3 Å². The molecule has 10 heteroatoms. The Kier molecular flexibility index (Phi) is 10.4. The highest BCUT2D eigenvalue weighted by Gasteiger charge is 2.43. The van der Waals surface area contributed by atoms with E-state index in [1.165, 1.54) is 13.2 Å². The number of hydrogen-bond acceptors (Lipinski definition) is 10. The van der Waals surface area contributed by atoms with Gasteiger partial charge in [-0.25, -0.2) is 4.79 Å². The number of methoxy groups -OCH3 is 1. The number of hydrogen-bond donors (Lipinski definition) is 0. The van der Waals surface area contributed by atoms with Gasteiger partial charge in [-0.2, -0.15) is 0 Å². The lowest BCUT2D eigenvalue weighted by atomic mass is 9.99. The number of rotatable bonds is 7. The molecule has 0 N–H and O–H groups in total. The molecule has 0 amide bonds. The molecule has 3 aliphatic heterocycles. The maximum Gasteiger partial charge on any atom is 0.342 e. The van der Waals surface area contributed by atoms with Crippen molar-refractivity contribution in [3.63, 3.8) is 0 Å². The van der Waals surface area contributed by atoms with Gasteiger partial charge in [-0.1, -0.05) is 25.2 Å². The molecule has 0 saturated carbocycles. The van der Waals surface area contributed by atoms with E-state index in [4.69, 9.17) is 33.2 Å². The smallest absolute Gasteiger partial charge is 0.342 e. The number of morpholine rings is 1. The molecule has 1 aromatic carbocycles. The number of cyclic esters (lactones) is 1. The van der Waals surface area contributed by atoms with Crippen LogP contribution in [0.4, 0.5) is 0 Å². The largest absolute Gasteiger partial charge is 0.492 e. The van der Waals surface area contributed by atoms with Gasteiger partial charge in [-0.05, 0) is 44.9 Å². The number of nitrogens with zero attached hydrogens (tertiary/aromatic N) is 1. The minimum absolute atomic E-state index is 0.0541. The number of benzene rings is 1. The van der Waals surface area contributed by atoms with Gasteiger partial charge < -0.3 is 33.2 Å². The Balaban J connectivity index is 1.66. The van der Waals surface area contributed by atoms with Crippen LogP contribution in [0.1, 0.15) is 50.0 Å². The molecule has 0 radical (unpaired) electrons. The standard InChI is InChI=1S/C30H41NO9/c1-20-9-10-24(32)28-25(39-30(3,4)40-28)8-6-7-22-17-23(36-16-13-31-11-14-35-15-12-31)18-26(37-19-34-5)27(22)29(33)38-21(20)2/h6-7,9-10,17-18,20-21,25,28H,8,11-16,19H2,1-5H3/b7-6+,10-9-/t20-,21+,25?,28?/m1/s1. The van der Waals surface area contributed by atoms with E-state index in [9.17, 15) is 9.59 Å². The van der Waals surface area contributed by atoms with Crippen LogP contribution in [0.25, 0.3) is 6.08 Å². The molecule has 2 fully saturated rings. The topological polar surface area (TPSA) is 102 Å². The Bertz CT molecular complexity index is 1090. The summed E-state index contributed by atoms with van der Waals surface area (Å²) < 4.78 is 40.3. The summed E-state index contributed by atoms with van der Waals surface area (Å²) in [6.45, 7) is 11.6. The average Bonchev–Trinajstić information content (AvgIpc) is 3.24. The van der Waals surface area contributed by atoms with Gasteiger partial charge >= 0.3 is 5.97 Å². The van der Waals surface area contributed by atoms with Gasteiger partial charge in [0.2, 0.25) is 0 Å². The number of ketones is 1. The van der Waals surface area contributed by atoms with E-state index in [1.807, 2.05) is 13.0 Å². The van der Waals surface area contributed by atoms with Crippen molar-refractivity contribution in [3.8, 4) is 11.5 Å². The Morgan fingerprint density at radius 1 is 1.05 bits per heavy atom. The normalized spacial score (nSPS) is 29.0. The number of carbonyl (C=O) groups is 2. The Labute approximate surface area is 236 Å². The minimum atomic E-state index is -0.890. The molecule has 0 aromatic heterocycles. The molecule has 3 aliphatic rings. The summed E-state index contributed by atoms with van der Waals surface area (Å²) in [6.07, 6.45) is 5.56. The molecule has 4 atom stereocenters. The van der Waals surface area contributed by atoms with Crippen LogP contribution in [-0.2, 0) is 28.5 Å². The highest BCUT2D eigenvalue weighted by molar-refractivity contribution is 5.97. The molecule has 10 nitrogen and oxygen atoms in total. The first kappa shape index (κ1) is 30.2. The second-order valence-electron chi connectivity index (χ2n) is 10.7. The molecule has 2 saturated heterocycles. The molecular weight excluding hydrogens is 518 g/mol. The van der Waals surface area contributed by atoms with Gasteiger partial charge in [0.25, 0.3) is 0 Å². The van der Waals surface area contributed by atoms with E-state index in [1.54, 1.807) is 45.1 Å². The Morgan fingerprint density at radius 3 is 2.58 bits per heavy atom. The van der Waals surface area contributed by atoms with E-state index in [2.05, 4.69) is 4.90 Å². The maximum atomic E-state index is 13.5. The van der Waals surface area contributed by atoms with Crippen LogP contribution in [0.2, 0.25) is 0 Å². The van der Waals surface area contributed by atoms with Gasteiger partial charge in [-0.3, -0.25) is 9.69 Å². The second kappa shape index (κ2) is 13.7. The molecule has 0 aliphatic carbocycles. The zero-order valence-electron chi connectivity index (χ0n) is 24.1. The number of fused-ring (bicyclic) bond motifs is 2. The summed E-state index contributed by atoms with van der Waals surface area (Å²) in [5, 5.41) is 0. The van der Waals surface area contributed by atoms with E-state index >= 15 is 0 Å². The summed E-state index contributed by atoms with van der Waals surface area (Å²) >= 11 is 0. The average molecular weight is 560 g/mol. The fourth-order valence-electron chi connectivity index (χ4n) is 4.81. The summed E-state index contributed by atoms with van der Waals surface area (Å²) in [4.78, 5) is 28.8. The van der Waals surface area contributed by atoms with Crippen molar-refractivity contribution < 1.29 is 42.7 Å². The summed E-state index contributed by atoms with van der Waals surface area (Å²) in [7, 11) is 1.51. The predicted molar refractivity (Wildman–Crippen MR) is 147 cm³/mol. The van der Waals surface area contributed by atoms with E-state index in [0.29, 0.717) is 43.3 Å². The zero-order chi connectivity index (χ0) is 28.7. The highest BCUT2D eigenvalue weighted by Crippen LogP contribution is 2.34. The Morgan fingerprint density at radius 2 is 1.82 bits per heavy atom. The molecular formula is C30H41NO9. The molecule has 2 unspecified atom stereocenters. The van der Waals surface area contributed by atoms with E-state index in [0.717, 1.165) is 19.6 Å². The fourth-order valence-corrected chi connectivity index (χ4v) is 4.81. The van der Waals surface area contributed by atoms with E-state index in [-0.39, 0.29) is 24.1 Å². The SMILES string of the molecule is COCOc1cc(OCCN2CCOCC2)cc2c1C(=O)O[C@@H](C)[C@H](C)/C=C\C(=O)C1OC(C)(C)OC1C/C=C/2. The van der Waals surface area contributed by atoms with Gasteiger partial charge in [0, 0.05) is 38.7 Å². The van der Waals surface area contributed by atoms with Crippen LogP contribution in [-0.4, -0.2) is 94.1 Å². The van der Waals surface area contributed by atoms with Crippen molar-refractivity contribution in [1.82, 2.24) is 4.90 Å². The summed E-state index contributed by atoms with van der Waals surface area (Å²) in [5.74, 6) is -0.990. The van der Waals surface area contributed by atoms with Crippen molar-refractivity contribution in [2.24, 2.45) is 5.92 Å². The van der Waals surface area contributed by atoms with Crippen molar-refractivity contribution >= 4 is 17.8 Å². The molecule has 4 rings (SSSR count). The lowest BCUT2D eigenvalue weighted by Gasteiger charge is -2.26. The summed E-state index contributed by atoms with van der Waals surface area (Å²) in [6, 6.07) is 3.49. The third-order valence-corrected chi connectivity index (χ3v) is 7.15. The number of carbonyl (C=O) groups excluding carboxylic acids is 2. The van der Waals surface area contributed by atoms with Crippen LogP contribution >= 0.6 is 0 Å². The van der Waals surface area contributed by atoms with Gasteiger partial charge in [-0.15, -0.1) is 0 Å². The van der Waals surface area contributed by atoms with Crippen molar-refractivity contribution in [1.29, 1.82) is 0 Å². The molecule has 220 valence electrons. The van der Waals surface area contributed by atoms with Gasteiger partial charge in [0.1, 0.15) is 35.9 Å². The monoisotopic (exact) mass is 559 g/mol.